The molecule has 0 aliphatic heterocycles. The van der Waals surface area contributed by atoms with E-state index in [2.05, 4.69) is 6.58 Å². The van der Waals surface area contributed by atoms with Gasteiger partial charge in [0.25, 0.3) is 0 Å². The second kappa shape index (κ2) is 2.50. The van der Waals surface area contributed by atoms with Gasteiger partial charge in [0.2, 0.25) is 0 Å². The summed E-state index contributed by atoms with van der Waals surface area (Å²) in [5.41, 5.74) is 0.584. The maximum absolute atomic E-state index is 9.09. The Labute approximate surface area is 54.8 Å². The largest absolute Gasteiger partial charge is 0.389 e. The van der Waals surface area contributed by atoms with E-state index in [-0.39, 0.29) is 0 Å². The van der Waals surface area contributed by atoms with E-state index in [1.54, 1.807) is 0 Å². The summed E-state index contributed by atoms with van der Waals surface area (Å²) in [6, 6.07) is 0. The Kier molecular flexibility index (Phi) is 1.88. The van der Waals surface area contributed by atoms with E-state index in [1.807, 2.05) is 0 Å². The zero-order valence-corrected chi connectivity index (χ0v) is 5.38. The SMILES string of the molecule is C=C1C(O)CCCC1O. The standard InChI is InChI=1S/C7H12O2/c1-5-6(8)3-2-4-7(5)9/h6-9H,1-4H2. The van der Waals surface area contributed by atoms with Gasteiger partial charge in [-0.2, -0.15) is 0 Å². The fourth-order valence-electron chi connectivity index (χ4n) is 1.10. The van der Waals surface area contributed by atoms with Gasteiger partial charge in [0, 0.05) is 0 Å². The summed E-state index contributed by atoms with van der Waals surface area (Å²) < 4.78 is 0. The minimum Gasteiger partial charge on any atom is -0.389 e. The van der Waals surface area contributed by atoms with Gasteiger partial charge in [-0.25, -0.2) is 0 Å². The summed E-state index contributed by atoms with van der Waals surface area (Å²) in [5.74, 6) is 0. The van der Waals surface area contributed by atoms with Crippen molar-refractivity contribution in [3.63, 3.8) is 0 Å². The van der Waals surface area contributed by atoms with E-state index in [0.29, 0.717) is 5.57 Å². The van der Waals surface area contributed by atoms with E-state index in [9.17, 15) is 0 Å². The minimum absolute atomic E-state index is 0.464. The summed E-state index contributed by atoms with van der Waals surface area (Å²) in [4.78, 5) is 0. The lowest BCUT2D eigenvalue weighted by Crippen LogP contribution is -2.26. The van der Waals surface area contributed by atoms with Crippen LogP contribution in [0.15, 0.2) is 12.2 Å². The van der Waals surface area contributed by atoms with Crippen LogP contribution in [-0.4, -0.2) is 22.4 Å². The van der Waals surface area contributed by atoms with Gasteiger partial charge in [0.05, 0.1) is 12.2 Å². The molecule has 0 aromatic heterocycles. The summed E-state index contributed by atoms with van der Waals surface area (Å²) in [6.07, 6.45) is 1.50. The number of hydrogen-bond donors (Lipinski definition) is 2. The van der Waals surface area contributed by atoms with Crippen molar-refractivity contribution in [3.8, 4) is 0 Å². The number of rotatable bonds is 0. The molecule has 0 spiro atoms. The summed E-state index contributed by atoms with van der Waals surface area (Å²) in [6.45, 7) is 3.58. The van der Waals surface area contributed by atoms with E-state index in [4.69, 9.17) is 10.2 Å². The maximum Gasteiger partial charge on any atom is 0.0772 e. The third-order valence-electron chi connectivity index (χ3n) is 1.81. The Bertz CT molecular complexity index is 108. The van der Waals surface area contributed by atoms with Gasteiger partial charge in [0.15, 0.2) is 0 Å². The molecule has 0 bridgehead atoms. The molecule has 1 aliphatic carbocycles. The molecule has 0 amide bonds. The van der Waals surface area contributed by atoms with Crippen molar-refractivity contribution in [1.29, 1.82) is 0 Å². The van der Waals surface area contributed by atoms with E-state index in [0.717, 1.165) is 19.3 Å². The third-order valence-corrected chi connectivity index (χ3v) is 1.81. The number of aliphatic hydroxyl groups is 2. The monoisotopic (exact) mass is 128 g/mol. The molecule has 2 unspecified atom stereocenters. The Balaban J connectivity index is 2.52. The van der Waals surface area contributed by atoms with Gasteiger partial charge in [-0.1, -0.05) is 6.58 Å². The molecular formula is C7H12O2. The van der Waals surface area contributed by atoms with Crippen molar-refractivity contribution in [3.05, 3.63) is 12.2 Å². The molecule has 0 saturated heterocycles. The average molecular weight is 128 g/mol. The molecule has 9 heavy (non-hydrogen) atoms. The Morgan fingerprint density at radius 1 is 1.22 bits per heavy atom. The predicted octanol–water partition coefficient (Wildman–Crippen LogP) is 0.448. The highest BCUT2D eigenvalue weighted by Gasteiger charge is 2.21. The average Bonchev–Trinajstić information content (AvgIpc) is 1.83. The van der Waals surface area contributed by atoms with Crippen LogP contribution in [0.2, 0.25) is 0 Å². The van der Waals surface area contributed by atoms with Crippen LogP contribution in [0, 0.1) is 0 Å². The molecule has 1 aliphatic rings. The normalized spacial score (nSPS) is 36.9. The molecule has 1 rings (SSSR count). The zero-order valence-electron chi connectivity index (χ0n) is 5.38. The lowest BCUT2D eigenvalue weighted by molar-refractivity contribution is 0.101. The van der Waals surface area contributed by atoms with Crippen molar-refractivity contribution in [2.24, 2.45) is 0 Å². The lowest BCUT2D eigenvalue weighted by Gasteiger charge is -2.24. The molecule has 2 heteroatoms. The van der Waals surface area contributed by atoms with Crippen LogP contribution in [0.5, 0.6) is 0 Å². The van der Waals surface area contributed by atoms with Crippen molar-refractivity contribution >= 4 is 0 Å². The van der Waals surface area contributed by atoms with Crippen molar-refractivity contribution in [1.82, 2.24) is 0 Å². The van der Waals surface area contributed by atoms with Gasteiger partial charge in [-0.3, -0.25) is 0 Å². The van der Waals surface area contributed by atoms with Crippen LogP contribution in [0.3, 0.4) is 0 Å². The molecule has 0 heterocycles. The van der Waals surface area contributed by atoms with Crippen molar-refractivity contribution in [2.45, 2.75) is 31.5 Å². The second-order valence-electron chi connectivity index (χ2n) is 2.54. The Morgan fingerprint density at radius 3 is 2.00 bits per heavy atom. The van der Waals surface area contributed by atoms with Crippen LogP contribution in [0.25, 0.3) is 0 Å². The Hall–Kier alpha value is -0.340. The minimum atomic E-state index is -0.464. The molecular weight excluding hydrogens is 116 g/mol. The molecule has 52 valence electrons. The van der Waals surface area contributed by atoms with Crippen molar-refractivity contribution in [2.75, 3.05) is 0 Å². The highest BCUT2D eigenvalue weighted by molar-refractivity contribution is 5.10. The zero-order chi connectivity index (χ0) is 6.85. The van der Waals surface area contributed by atoms with E-state index < -0.39 is 12.2 Å². The molecule has 2 atom stereocenters. The molecule has 1 fully saturated rings. The van der Waals surface area contributed by atoms with Crippen LogP contribution >= 0.6 is 0 Å². The first-order valence-electron chi connectivity index (χ1n) is 3.26. The second-order valence-corrected chi connectivity index (χ2v) is 2.54. The van der Waals surface area contributed by atoms with Gasteiger partial charge in [-0.15, -0.1) is 0 Å². The third kappa shape index (κ3) is 1.32. The van der Waals surface area contributed by atoms with E-state index >= 15 is 0 Å². The predicted molar refractivity (Wildman–Crippen MR) is 35.0 cm³/mol. The van der Waals surface area contributed by atoms with Crippen LogP contribution in [0.4, 0.5) is 0 Å². The lowest BCUT2D eigenvalue weighted by atomic mass is 9.91. The fraction of sp³-hybridized carbons (Fsp3) is 0.714. The number of aliphatic hydroxyl groups excluding tert-OH is 2. The quantitative estimate of drug-likeness (QED) is 0.465. The smallest absolute Gasteiger partial charge is 0.0772 e. The van der Waals surface area contributed by atoms with Crippen molar-refractivity contribution < 1.29 is 10.2 Å². The molecule has 0 aromatic rings. The van der Waals surface area contributed by atoms with Crippen LogP contribution < -0.4 is 0 Å². The molecule has 0 radical (unpaired) electrons. The first-order valence-corrected chi connectivity index (χ1v) is 3.26. The van der Waals surface area contributed by atoms with Crippen LogP contribution in [0.1, 0.15) is 19.3 Å². The molecule has 2 N–H and O–H groups in total. The fourth-order valence-corrected chi connectivity index (χ4v) is 1.10. The summed E-state index contributed by atoms with van der Waals surface area (Å²) in [5, 5.41) is 18.2. The Morgan fingerprint density at radius 2 is 1.67 bits per heavy atom. The maximum atomic E-state index is 9.09. The van der Waals surface area contributed by atoms with E-state index in [1.165, 1.54) is 0 Å². The van der Waals surface area contributed by atoms with Gasteiger partial charge < -0.3 is 10.2 Å². The highest BCUT2D eigenvalue weighted by Crippen LogP contribution is 2.21. The molecule has 0 aromatic carbocycles. The highest BCUT2D eigenvalue weighted by atomic mass is 16.3. The van der Waals surface area contributed by atoms with Gasteiger partial charge in [0.1, 0.15) is 0 Å². The van der Waals surface area contributed by atoms with Gasteiger partial charge >= 0.3 is 0 Å². The topological polar surface area (TPSA) is 40.5 Å². The van der Waals surface area contributed by atoms with Gasteiger partial charge in [-0.05, 0) is 24.8 Å². The first-order chi connectivity index (χ1) is 4.22. The molecule has 2 nitrogen and oxygen atoms in total. The summed E-state index contributed by atoms with van der Waals surface area (Å²) >= 11 is 0. The summed E-state index contributed by atoms with van der Waals surface area (Å²) in [7, 11) is 0. The van der Waals surface area contributed by atoms with Crippen LogP contribution in [-0.2, 0) is 0 Å². The first kappa shape index (κ1) is 6.78. The number of hydrogen-bond acceptors (Lipinski definition) is 2. The molecule has 1 saturated carbocycles.